The van der Waals surface area contributed by atoms with Crippen molar-refractivity contribution in [2.24, 2.45) is 0 Å². The summed E-state index contributed by atoms with van der Waals surface area (Å²) in [5.41, 5.74) is 4.10. The van der Waals surface area contributed by atoms with Crippen molar-refractivity contribution < 1.29 is 0 Å². The average Bonchev–Trinajstić information content (AvgIpc) is 2.63. The first-order valence-electron chi connectivity index (χ1n) is 8.73. The zero-order valence-corrected chi connectivity index (χ0v) is 16.1. The number of rotatable bonds is 6. The monoisotopic (exact) mass is 366 g/mol. The maximum atomic E-state index is 6.22. The lowest BCUT2D eigenvalue weighted by Gasteiger charge is -2.23. The average molecular weight is 367 g/mol. The number of halogens is 1. The Labute approximate surface area is 159 Å². The van der Waals surface area contributed by atoms with Crippen molar-refractivity contribution in [2.45, 2.75) is 27.3 Å². The summed E-state index contributed by atoms with van der Waals surface area (Å²) < 4.78 is 0. The van der Waals surface area contributed by atoms with Crippen LogP contribution in [0.25, 0.3) is 0 Å². The molecule has 1 aromatic heterocycles. The number of hydrogen-bond acceptors (Lipinski definition) is 4. The molecule has 1 heterocycles. The molecule has 0 fully saturated rings. The molecule has 2 aromatic carbocycles. The quantitative estimate of drug-likeness (QED) is 0.623. The Morgan fingerprint density at radius 3 is 2.46 bits per heavy atom. The van der Waals surface area contributed by atoms with Crippen LogP contribution in [-0.2, 0) is 6.54 Å². The summed E-state index contributed by atoms with van der Waals surface area (Å²) in [4.78, 5) is 11.5. The topological polar surface area (TPSA) is 41.1 Å². The molecule has 0 aliphatic rings. The lowest BCUT2D eigenvalue weighted by molar-refractivity contribution is 0.809. The summed E-state index contributed by atoms with van der Waals surface area (Å²) in [5, 5.41) is 3.99. The van der Waals surface area contributed by atoms with Gasteiger partial charge < -0.3 is 10.2 Å². The van der Waals surface area contributed by atoms with Crippen molar-refractivity contribution >= 4 is 29.1 Å². The van der Waals surface area contributed by atoms with Gasteiger partial charge in [0.25, 0.3) is 0 Å². The molecule has 0 saturated heterocycles. The van der Waals surface area contributed by atoms with Gasteiger partial charge in [0, 0.05) is 35.6 Å². The highest BCUT2D eigenvalue weighted by atomic mass is 35.5. The largest absolute Gasteiger partial charge is 0.352 e. The Bertz CT molecular complexity index is 880. The van der Waals surface area contributed by atoms with Crippen LogP contribution < -0.4 is 10.2 Å². The molecule has 0 aliphatic heterocycles. The molecule has 5 heteroatoms. The molecule has 0 radical (unpaired) electrons. The summed E-state index contributed by atoms with van der Waals surface area (Å²) in [7, 11) is 0. The van der Waals surface area contributed by atoms with Crippen LogP contribution in [0.5, 0.6) is 0 Å². The van der Waals surface area contributed by atoms with Gasteiger partial charge >= 0.3 is 0 Å². The molecular formula is C21H23ClN4. The Kier molecular flexibility index (Phi) is 5.74. The van der Waals surface area contributed by atoms with Gasteiger partial charge in [-0.05, 0) is 44.0 Å². The van der Waals surface area contributed by atoms with E-state index in [1.807, 2.05) is 44.2 Å². The van der Waals surface area contributed by atoms with E-state index in [-0.39, 0.29) is 0 Å². The minimum absolute atomic E-state index is 0.575. The van der Waals surface area contributed by atoms with E-state index in [0.717, 1.165) is 40.9 Å². The highest BCUT2D eigenvalue weighted by Crippen LogP contribution is 2.23. The zero-order chi connectivity index (χ0) is 18.5. The Hall–Kier alpha value is -2.59. The van der Waals surface area contributed by atoms with Crippen LogP contribution in [0.1, 0.15) is 23.7 Å². The van der Waals surface area contributed by atoms with Gasteiger partial charge in [0.05, 0.1) is 0 Å². The highest BCUT2D eigenvalue weighted by Gasteiger charge is 2.10. The first-order valence-corrected chi connectivity index (χ1v) is 9.10. The second kappa shape index (κ2) is 8.19. The van der Waals surface area contributed by atoms with E-state index in [1.165, 1.54) is 5.56 Å². The number of nitrogens with one attached hydrogen (secondary N) is 1. The second-order valence-electron chi connectivity index (χ2n) is 6.28. The minimum Gasteiger partial charge on any atom is -0.352 e. The van der Waals surface area contributed by atoms with E-state index in [1.54, 1.807) is 0 Å². The first kappa shape index (κ1) is 18.2. The van der Waals surface area contributed by atoms with Gasteiger partial charge in [-0.25, -0.2) is 4.98 Å². The third-order valence-corrected chi connectivity index (χ3v) is 4.60. The standard InChI is InChI=1S/C21H23ClN4/c1-4-26(14-17-8-6-5-7-9-17)20-12-16(3)23-21(25-20)24-18-11-10-15(2)19(22)13-18/h5-13H,4,14H2,1-3H3,(H,23,24,25). The molecule has 3 rings (SSSR count). The SMILES string of the molecule is CCN(Cc1ccccc1)c1cc(C)nc(Nc2ccc(C)c(Cl)c2)n1. The highest BCUT2D eigenvalue weighted by molar-refractivity contribution is 6.31. The molecule has 0 bridgehead atoms. The molecule has 0 amide bonds. The van der Waals surface area contributed by atoms with Crippen LogP contribution >= 0.6 is 11.6 Å². The number of anilines is 3. The van der Waals surface area contributed by atoms with Crippen molar-refractivity contribution in [1.29, 1.82) is 0 Å². The van der Waals surface area contributed by atoms with Gasteiger partial charge in [-0.3, -0.25) is 0 Å². The van der Waals surface area contributed by atoms with Crippen LogP contribution in [0.4, 0.5) is 17.5 Å². The lowest BCUT2D eigenvalue weighted by Crippen LogP contribution is -2.23. The van der Waals surface area contributed by atoms with E-state index in [9.17, 15) is 0 Å². The third-order valence-electron chi connectivity index (χ3n) is 4.19. The molecule has 0 aliphatic carbocycles. The molecule has 134 valence electrons. The Morgan fingerprint density at radius 1 is 1.00 bits per heavy atom. The fraction of sp³-hybridized carbons (Fsp3) is 0.238. The fourth-order valence-electron chi connectivity index (χ4n) is 2.73. The van der Waals surface area contributed by atoms with Crippen LogP contribution in [-0.4, -0.2) is 16.5 Å². The van der Waals surface area contributed by atoms with Crippen LogP contribution in [0.3, 0.4) is 0 Å². The van der Waals surface area contributed by atoms with Crippen molar-refractivity contribution in [3.8, 4) is 0 Å². The maximum absolute atomic E-state index is 6.22. The minimum atomic E-state index is 0.575. The first-order chi connectivity index (χ1) is 12.5. The normalized spacial score (nSPS) is 10.6. The predicted octanol–water partition coefficient (Wildman–Crippen LogP) is 5.52. The molecule has 0 atom stereocenters. The van der Waals surface area contributed by atoms with Gasteiger partial charge in [0.1, 0.15) is 5.82 Å². The van der Waals surface area contributed by atoms with Crippen molar-refractivity contribution in [3.63, 3.8) is 0 Å². The summed E-state index contributed by atoms with van der Waals surface area (Å²) in [6, 6.07) is 18.3. The Balaban J connectivity index is 1.84. The smallest absolute Gasteiger partial charge is 0.229 e. The maximum Gasteiger partial charge on any atom is 0.229 e. The Morgan fingerprint density at radius 2 is 1.77 bits per heavy atom. The summed E-state index contributed by atoms with van der Waals surface area (Å²) in [5.74, 6) is 1.48. The van der Waals surface area contributed by atoms with E-state index in [4.69, 9.17) is 16.6 Å². The second-order valence-corrected chi connectivity index (χ2v) is 6.69. The fourth-order valence-corrected chi connectivity index (χ4v) is 2.91. The molecule has 3 aromatic rings. The van der Waals surface area contributed by atoms with E-state index >= 15 is 0 Å². The van der Waals surface area contributed by atoms with Gasteiger partial charge in [-0.1, -0.05) is 48.0 Å². The zero-order valence-electron chi connectivity index (χ0n) is 15.3. The van der Waals surface area contributed by atoms with Crippen LogP contribution in [0, 0.1) is 13.8 Å². The molecular weight excluding hydrogens is 344 g/mol. The van der Waals surface area contributed by atoms with E-state index < -0.39 is 0 Å². The number of hydrogen-bond donors (Lipinski definition) is 1. The van der Waals surface area contributed by atoms with Gasteiger partial charge in [-0.15, -0.1) is 0 Å². The lowest BCUT2D eigenvalue weighted by atomic mass is 10.2. The van der Waals surface area contributed by atoms with Crippen molar-refractivity contribution in [1.82, 2.24) is 9.97 Å². The van der Waals surface area contributed by atoms with Crippen LogP contribution in [0.2, 0.25) is 5.02 Å². The van der Waals surface area contributed by atoms with E-state index in [0.29, 0.717) is 5.95 Å². The van der Waals surface area contributed by atoms with Gasteiger partial charge in [0.15, 0.2) is 0 Å². The predicted molar refractivity (Wildman–Crippen MR) is 109 cm³/mol. The van der Waals surface area contributed by atoms with Crippen molar-refractivity contribution in [3.05, 3.63) is 76.4 Å². The molecule has 0 saturated carbocycles. The van der Waals surface area contributed by atoms with Crippen LogP contribution in [0.15, 0.2) is 54.6 Å². The number of aromatic nitrogens is 2. The molecule has 0 spiro atoms. The third kappa shape index (κ3) is 4.52. The summed E-state index contributed by atoms with van der Waals surface area (Å²) in [6.45, 7) is 7.77. The number of aryl methyl sites for hydroxylation is 2. The van der Waals surface area contributed by atoms with Crippen molar-refractivity contribution in [2.75, 3.05) is 16.8 Å². The van der Waals surface area contributed by atoms with Gasteiger partial charge in [-0.2, -0.15) is 4.98 Å². The number of benzene rings is 2. The summed E-state index contributed by atoms with van der Waals surface area (Å²) >= 11 is 6.22. The molecule has 4 nitrogen and oxygen atoms in total. The molecule has 26 heavy (non-hydrogen) atoms. The number of nitrogens with zero attached hydrogens (tertiary/aromatic N) is 3. The molecule has 1 N–H and O–H groups in total. The van der Waals surface area contributed by atoms with E-state index in [2.05, 4.69) is 46.4 Å². The summed E-state index contributed by atoms with van der Waals surface area (Å²) in [6.07, 6.45) is 0. The molecule has 0 unspecified atom stereocenters. The van der Waals surface area contributed by atoms with Gasteiger partial charge in [0.2, 0.25) is 5.95 Å².